The van der Waals surface area contributed by atoms with Gasteiger partial charge in [-0.05, 0) is 36.8 Å². The van der Waals surface area contributed by atoms with Crippen molar-refractivity contribution in [2.75, 3.05) is 13.1 Å². The summed E-state index contributed by atoms with van der Waals surface area (Å²) in [5.41, 5.74) is 2.93. The maximum Gasteiger partial charge on any atom is 0.00955 e. The Balaban J connectivity index is 1.58. The van der Waals surface area contributed by atoms with Gasteiger partial charge in [-0.3, -0.25) is 4.90 Å². The van der Waals surface area contributed by atoms with E-state index in [-0.39, 0.29) is 0 Å². The molecule has 1 fully saturated rings. The van der Waals surface area contributed by atoms with Crippen molar-refractivity contribution in [3.63, 3.8) is 0 Å². The highest BCUT2D eigenvalue weighted by Crippen LogP contribution is 2.23. The molecule has 0 saturated heterocycles. The summed E-state index contributed by atoms with van der Waals surface area (Å²) in [6.45, 7) is 2.39. The molecule has 2 aromatic carbocycles. The lowest BCUT2D eigenvalue weighted by molar-refractivity contribution is 0.159. The van der Waals surface area contributed by atoms with E-state index in [1.165, 1.54) is 69.2 Å². The third-order valence-corrected chi connectivity index (χ3v) is 5.15. The number of rotatable bonds is 7. The van der Waals surface area contributed by atoms with E-state index in [0.29, 0.717) is 0 Å². The van der Waals surface area contributed by atoms with Gasteiger partial charge in [0.1, 0.15) is 0 Å². The lowest BCUT2D eigenvalue weighted by atomic mass is 9.93. The summed E-state index contributed by atoms with van der Waals surface area (Å²) in [4.78, 5) is 2.76. The molecule has 0 aliphatic heterocycles. The summed E-state index contributed by atoms with van der Waals surface area (Å²) in [7, 11) is 0. The van der Waals surface area contributed by atoms with Crippen LogP contribution >= 0.6 is 0 Å². The largest absolute Gasteiger partial charge is 0.300 e. The maximum absolute atomic E-state index is 2.76. The highest BCUT2D eigenvalue weighted by atomic mass is 15.1. The molecule has 0 atom stereocenters. The molecule has 0 aromatic heterocycles. The zero-order chi connectivity index (χ0) is 15.7. The van der Waals surface area contributed by atoms with Crippen molar-refractivity contribution in [1.29, 1.82) is 0 Å². The van der Waals surface area contributed by atoms with Crippen molar-refractivity contribution in [2.45, 2.75) is 51.0 Å². The molecule has 0 radical (unpaired) electrons. The standard InChI is InChI=1S/C22H29N/c1-4-10-20(11-5-1)16-18-23(22-14-8-3-9-15-22)19-17-21-12-6-2-7-13-21/h1-2,4-7,10-13,22H,3,8-9,14-19H2. The zero-order valence-corrected chi connectivity index (χ0v) is 14.2. The van der Waals surface area contributed by atoms with E-state index in [1.807, 2.05) is 0 Å². The first kappa shape index (κ1) is 16.3. The van der Waals surface area contributed by atoms with Gasteiger partial charge in [-0.15, -0.1) is 0 Å². The van der Waals surface area contributed by atoms with Crippen molar-refractivity contribution < 1.29 is 0 Å². The summed E-state index contributed by atoms with van der Waals surface area (Å²) >= 11 is 0. The predicted molar refractivity (Wildman–Crippen MR) is 98.7 cm³/mol. The van der Waals surface area contributed by atoms with Crippen LogP contribution in [0.15, 0.2) is 60.7 Å². The van der Waals surface area contributed by atoms with Gasteiger partial charge in [-0.2, -0.15) is 0 Å². The SMILES string of the molecule is c1ccc(CCN(CCc2ccccc2)C2CCCCC2)cc1. The van der Waals surface area contributed by atoms with Gasteiger partial charge in [-0.1, -0.05) is 79.9 Å². The van der Waals surface area contributed by atoms with Crippen LogP contribution in [-0.2, 0) is 12.8 Å². The molecular formula is C22H29N. The molecule has 1 saturated carbocycles. The Morgan fingerprint density at radius 3 is 1.61 bits per heavy atom. The van der Waals surface area contributed by atoms with E-state index in [2.05, 4.69) is 65.6 Å². The topological polar surface area (TPSA) is 3.24 Å². The van der Waals surface area contributed by atoms with Crippen LogP contribution in [0.25, 0.3) is 0 Å². The Hall–Kier alpha value is -1.60. The van der Waals surface area contributed by atoms with Gasteiger partial charge in [0, 0.05) is 19.1 Å². The Bertz CT molecular complexity index is 499. The van der Waals surface area contributed by atoms with Crippen molar-refractivity contribution in [3.05, 3.63) is 71.8 Å². The summed E-state index contributed by atoms with van der Waals surface area (Å²) in [6, 6.07) is 22.7. The molecular weight excluding hydrogens is 278 g/mol. The van der Waals surface area contributed by atoms with Crippen molar-refractivity contribution >= 4 is 0 Å². The van der Waals surface area contributed by atoms with Crippen LogP contribution in [0.3, 0.4) is 0 Å². The van der Waals surface area contributed by atoms with E-state index >= 15 is 0 Å². The molecule has 0 spiro atoms. The van der Waals surface area contributed by atoms with Crippen molar-refractivity contribution in [3.8, 4) is 0 Å². The molecule has 0 heterocycles. The smallest absolute Gasteiger partial charge is 0.00955 e. The molecule has 0 bridgehead atoms. The quantitative estimate of drug-likeness (QED) is 0.687. The summed E-state index contributed by atoms with van der Waals surface area (Å²) in [6.07, 6.45) is 9.39. The average Bonchev–Trinajstić information content (AvgIpc) is 2.64. The molecule has 0 unspecified atom stereocenters. The molecule has 1 nitrogen and oxygen atoms in total. The number of benzene rings is 2. The van der Waals surface area contributed by atoms with Gasteiger partial charge in [0.15, 0.2) is 0 Å². The number of hydrogen-bond donors (Lipinski definition) is 0. The van der Waals surface area contributed by atoms with Crippen molar-refractivity contribution in [2.24, 2.45) is 0 Å². The number of nitrogens with zero attached hydrogens (tertiary/aromatic N) is 1. The minimum absolute atomic E-state index is 0.802. The van der Waals surface area contributed by atoms with Crippen LogP contribution in [0.4, 0.5) is 0 Å². The monoisotopic (exact) mass is 307 g/mol. The van der Waals surface area contributed by atoms with Crippen LogP contribution in [0.1, 0.15) is 43.2 Å². The van der Waals surface area contributed by atoms with Crippen LogP contribution in [0, 0.1) is 0 Å². The minimum Gasteiger partial charge on any atom is -0.300 e. The van der Waals surface area contributed by atoms with E-state index in [4.69, 9.17) is 0 Å². The van der Waals surface area contributed by atoms with Gasteiger partial charge in [-0.25, -0.2) is 0 Å². The Morgan fingerprint density at radius 2 is 1.13 bits per heavy atom. The van der Waals surface area contributed by atoms with Gasteiger partial charge in [0.25, 0.3) is 0 Å². The predicted octanol–water partition coefficient (Wildman–Crippen LogP) is 5.11. The normalized spacial score (nSPS) is 15.9. The average molecular weight is 307 g/mol. The van der Waals surface area contributed by atoms with Gasteiger partial charge >= 0.3 is 0 Å². The fourth-order valence-corrected chi connectivity index (χ4v) is 3.76. The first-order valence-electron chi connectivity index (χ1n) is 9.24. The molecule has 2 aromatic rings. The van der Waals surface area contributed by atoms with E-state index < -0.39 is 0 Å². The van der Waals surface area contributed by atoms with Crippen LogP contribution in [0.2, 0.25) is 0 Å². The molecule has 23 heavy (non-hydrogen) atoms. The molecule has 122 valence electrons. The van der Waals surface area contributed by atoms with E-state index in [0.717, 1.165) is 6.04 Å². The molecule has 0 N–H and O–H groups in total. The Morgan fingerprint density at radius 1 is 0.652 bits per heavy atom. The first-order chi connectivity index (χ1) is 11.4. The highest BCUT2D eigenvalue weighted by Gasteiger charge is 2.20. The second-order valence-corrected chi connectivity index (χ2v) is 6.80. The van der Waals surface area contributed by atoms with Crippen molar-refractivity contribution in [1.82, 2.24) is 4.90 Å². The minimum atomic E-state index is 0.802. The molecule has 3 rings (SSSR count). The lowest BCUT2D eigenvalue weighted by Gasteiger charge is -2.34. The van der Waals surface area contributed by atoms with Gasteiger partial charge in [0.05, 0.1) is 0 Å². The fraction of sp³-hybridized carbons (Fsp3) is 0.455. The molecule has 0 amide bonds. The Labute approximate surface area is 141 Å². The Kier molecular flexibility index (Phi) is 6.28. The second kappa shape index (κ2) is 8.88. The first-order valence-corrected chi connectivity index (χ1v) is 9.24. The maximum atomic E-state index is 2.76. The van der Waals surface area contributed by atoms with Crippen LogP contribution in [0.5, 0.6) is 0 Å². The summed E-state index contributed by atoms with van der Waals surface area (Å²) in [5.74, 6) is 0. The molecule has 1 heteroatoms. The lowest BCUT2D eigenvalue weighted by Crippen LogP contribution is -2.39. The van der Waals surface area contributed by atoms with Gasteiger partial charge in [0.2, 0.25) is 0 Å². The summed E-state index contributed by atoms with van der Waals surface area (Å²) < 4.78 is 0. The summed E-state index contributed by atoms with van der Waals surface area (Å²) in [5, 5.41) is 0. The molecule has 1 aliphatic rings. The van der Waals surface area contributed by atoms with E-state index in [1.54, 1.807) is 0 Å². The zero-order valence-electron chi connectivity index (χ0n) is 14.2. The van der Waals surface area contributed by atoms with Crippen LogP contribution in [-0.4, -0.2) is 24.0 Å². The second-order valence-electron chi connectivity index (χ2n) is 6.80. The number of hydrogen-bond acceptors (Lipinski definition) is 1. The van der Waals surface area contributed by atoms with Crippen LogP contribution < -0.4 is 0 Å². The third kappa shape index (κ3) is 5.21. The van der Waals surface area contributed by atoms with E-state index in [9.17, 15) is 0 Å². The highest BCUT2D eigenvalue weighted by molar-refractivity contribution is 5.16. The fourth-order valence-electron chi connectivity index (χ4n) is 3.76. The third-order valence-electron chi connectivity index (χ3n) is 5.15. The molecule has 1 aliphatic carbocycles. The van der Waals surface area contributed by atoms with Gasteiger partial charge < -0.3 is 0 Å².